The van der Waals surface area contributed by atoms with Gasteiger partial charge in [-0.25, -0.2) is 0 Å². The Labute approximate surface area is 125 Å². The van der Waals surface area contributed by atoms with Crippen molar-refractivity contribution >= 4 is 11.7 Å². The zero-order chi connectivity index (χ0) is 15.2. The first-order valence-corrected chi connectivity index (χ1v) is 7.68. The van der Waals surface area contributed by atoms with Crippen molar-refractivity contribution in [1.82, 2.24) is 5.32 Å². The van der Waals surface area contributed by atoms with Crippen LogP contribution in [0.4, 0.5) is 0 Å². The van der Waals surface area contributed by atoms with Gasteiger partial charge in [0.2, 0.25) is 0 Å². The molecule has 1 aromatic rings. The molecule has 0 spiro atoms. The second-order valence-corrected chi connectivity index (χ2v) is 5.64. The van der Waals surface area contributed by atoms with Crippen LogP contribution < -0.4 is 10.1 Å². The van der Waals surface area contributed by atoms with E-state index in [2.05, 4.69) is 12.2 Å². The van der Waals surface area contributed by atoms with Gasteiger partial charge in [-0.1, -0.05) is 13.3 Å². The van der Waals surface area contributed by atoms with E-state index in [1.54, 1.807) is 6.07 Å². The number of aryl methyl sites for hydroxylation is 1. The predicted molar refractivity (Wildman–Crippen MR) is 81.7 cm³/mol. The summed E-state index contributed by atoms with van der Waals surface area (Å²) < 4.78 is 5.52. The Bertz CT molecular complexity index is 525. The minimum absolute atomic E-state index is 0.0147. The molecule has 0 aromatic heterocycles. The molecule has 0 saturated heterocycles. The molecule has 1 atom stereocenters. The van der Waals surface area contributed by atoms with Gasteiger partial charge in [0.15, 0.2) is 12.4 Å². The summed E-state index contributed by atoms with van der Waals surface area (Å²) in [6.45, 7) is 4.10. The molecule has 4 nitrogen and oxygen atoms in total. The van der Waals surface area contributed by atoms with Crippen LogP contribution in [0.5, 0.6) is 5.75 Å². The van der Waals surface area contributed by atoms with Crippen LogP contribution in [0.15, 0.2) is 18.2 Å². The summed E-state index contributed by atoms with van der Waals surface area (Å²) in [5.74, 6) is 0.750. The standard InChI is InChI=1S/C17H23NO3/c1-3-5-12(2)18-17(20)11-21-14-8-9-15-13(10-14)6-4-7-16(15)19/h8-10,12H,3-7,11H2,1-2H3,(H,18,20). The molecular formula is C17H23NO3. The van der Waals surface area contributed by atoms with Crippen molar-refractivity contribution in [3.63, 3.8) is 0 Å². The van der Waals surface area contributed by atoms with E-state index in [0.717, 1.165) is 36.8 Å². The summed E-state index contributed by atoms with van der Waals surface area (Å²) in [7, 11) is 0. The molecule has 2 rings (SSSR count). The number of Topliss-reactive ketones (excluding diaryl/α,β-unsaturated/α-hetero) is 1. The lowest BCUT2D eigenvalue weighted by molar-refractivity contribution is -0.123. The van der Waals surface area contributed by atoms with Crippen molar-refractivity contribution in [2.75, 3.05) is 6.61 Å². The number of benzene rings is 1. The Morgan fingerprint density at radius 2 is 2.19 bits per heavy atom. The maximum atomic E-state index is 11.8. The van der Waals surface area contributed by atoms with Crippen molar-refractivity contribution in [3.8, 4) is 5.75 Å². The molecule has 1 amide bonds. The van der Waals surface area contributed by atoms with E-state index in [4.69, 9.17) is 4.74 Å². The summed E-state index contributed by atoms with van der Waals surface area (Å²) in [5, 5.41) is 2.90. The molecule has 0 heterocycles. The molecule has 1 aliphatic carbocycles. The monoisotopic (exact) mass is 289 g/mol. The number of hydrogen-bond acceptors (Lipinski definition) is 3. The molecular weight excluding hydrogens is 266 g/mol. The third-order valence-electron chi connectivity index (χ3n) is 3.73. The van der Waals surface area contributed by atoms with E-state index < -0.39 is 0 Å². The van der Waals surface area contributed by atoms with Gasteiger partial charge in [-0.15, -0.1) is 0 Å². The van der Waals surface area contributed by atoms with Crippen molar-refractivity contribution < 1.29 is 14.3 Å². The molecule has 0 fully saturated rings. The van der Waals surface area contributed by atoms with Crippen molar-refractivity contribution in [2.24, 2.45) is 0 Å². The molecule has 21 heavy (non-hydrogen) atoms. The van der Waals surface area contributed by atoms with Gasteiger partial charge in [0.25, 0.3) is 5.91 Å². The van der Waals surface area contributed by atoms with E-state index in [0.29, 0.717) is 12.2 Å². The predicted octanol–water partition coefficient (Wildman–Crippen LogP) is 2.89. The minimum Gasteiger partial charge on any atom is -0.484 e. The number of hydrogen-bond donors (Lipinski definition) is 1. The average Bonchev–Trinajstić information content (AvgIpc) is 2.45. The Balaban J connectivity index is 1.89. The number of rotatable bonds is 6. The third-order valence-corrected chi connectivity index (χ3v) is 3.73. The SMILES string of the molecule is CCCC(C)NC(=O)COc1ccc2c(c1)CCCC2=O. The van der Waals surface area contributed by atoms with E-state index in [1.165, 1.54) is 0 Å². The fourth-order valence-corrected chi connectivity index (χ4v) is 2.68. The Morgan fingerprint density at radius 3 is 2.95 bits per heavy atom. The quantitative estimate of drug-likeness (QED) is 0.876. The van der Waals surface area contributed by atoms with Gasteiger partial charge in [0.1, 0.15) is 5.75 Å². The summed E-state index contributed by atoms with van der Waals surface area (Å²) in [6.07, 6.45) is 4.43. The molecule has 1 N–H and O–H groups in total. The zero-order valence-corrected chi connectivity index (χ0v) is 12.8. The maximum absolute atomic E-state index is 11.8. The number of carbonyl (C=O) groups is 2. The number of carbonyl (C=O) groups excluding carboxylic acids is 2. The van der Waals surface area contributed by atoms with Gasteiger partial charge < -0.3 is 10.1 Å². The highest BCUT2D eigenvalue weighted by Crippen LogP contribution is 2.25. The van der Waals surface area contributed by atoms with Crippen molar-refractivity contribution in [3.05, 3.63) is 29.3 Å². The Morgan fingerprint density at radius 1 is 1.38 bits per heavy atom. The third kappa shape index (κ3) is 4.31. The van der Waals surface area contributed by atoms with Crippen LogP contribution in [0.1, 0.15) is 55.5 Å². The second kappa shape index (κ2) is 7.25. The number of nitrogens with one attached hydrogen (secondary N) is 1. The first kappa shape index (κ1) is 15.5. The molecule has 4 heteroatoms. The highest BCUT2D eigenvalue weighted by molar-refractivity contribution is 5.98. The van der Waals surface area contributed by atoms with E-state index in [1.807, 2.05) is 19.1 Å². The summed E-state index contributed by atoms with van der Waals surface area (Å²) in [5.41, 5.74) is 1.83. The van der Waals surface area contributed by atoms with Crippen LogP contribution in [-0.2, 0) is 11.2 Å². The zero-order valence-electron chi connectivity index (χ0n) is 12.8. The van der Waals surface area contributed by atoms with Crippen LogP contribution in [-0.4, -0.2) is 24.3 Å². The molecule has 0 radical (unpaired) electrons. The summed E-state index contributed by atoms with van der Waals surface area (Å²) >= 11 is 0. The lowest BCUT2D eigenvalue weighted by Crippen LogP contribution is -2.35. The normalized spacial score (nSPS) is 15.2. The van der Waals surface area contributed by atoms with Crippen LogP contribution in [0.3, 0.4) is 0 Å². The lowest BCUT2D eigenvalue weighted by atomic mass is 9.91. The molecule has 0 bridgehead atoms. The van der Waals surface area contributed by atoms with Gasteiger partial charge in [-0.3, -0.25) is 9.59 Å². The molecule has 114 valence electrons. The fourth-order valence-electron chi connectivity index (χ4n) is 2.68. The molecule has 1 aromatic carbocycles. The summed E-state index contributed by atoms with van der Waals surface area (Å²) in [4.78, 5) is 23.5. The van der Waals surface area contributed by atoms with E-state index in [9.17, 15) is 9.59 Å². The topological polar surface area (TPSA) is 55.4 Å². The Hall–Kier alpha value is -1.84. The number of ketones is 1. The van der Waals surface area contributed by atoms with Crippen LogP contribution in [0.25, 0.3) is 0 Å². The highest BCUT2D eigenvalue weighted by atomic mass is 16.5. The smallest absolute Gasteiger partial charge is 0.258 e. The molecule has 0 saturated carbocycles. The Kier molecular flexibility index (Phi) is 5.37. The van der Waals surface area contributed by atoms with Crippen LogP contribution in [0, 0.1) is 0 Å². The maximum Gasteiger partial charge on any atom is 0.258 e. The average molecular weight is 289 g/mol. The highest BCUT2D eigenvalue weighted by Gasteiger charge is 2.17. The largest absolute Gasteiger partial charge is 0.484 e. The number of fused-ring (bicyclic) bond motifs is 1. The lowest BCUT2D eigenvalue weighted by Gasteiger charge is -2.16. The van der Waals surface area contributed by atoms with Crippen LogP contribution in [0.2, 0.25) is 0 Å². The fraction of sp³-hybridized carbons (Fsp3) is 0.529. The van der Waals surface area contributed by atoms with E-state index in [-0.39, 0.29) is 24.3 Å². The van der Waals surface area contributed by atoms with Crippen LogP contribution >= 0.6 is 0 Å². The van der Waals surface area contributed by atoms with Gasteiger partial charge >= 0.3 is 0 Å². The number of ether oxygens (including phenoxy) is 1. The van der Waals surface area contributed by atoms with Crippen molar-refractivity contribution in [2.45, 2.75) is 52.0 Å². The van der Waals surface area contributed by atoms with Gasteiger partial charge in [-0.2, -0.15) is 0 Å². The second-order valence-electron chi connectivity index (χ2n) is 5.64. The molecule has 1 aliphatic rings. The number of amides is 1. The first-order valence-electron chi connectivity index (χ1n) is 7.68. The minimum atomic E-state index is -0.107. The first-order chi connectivity index (χ1) is 10.1. The van der Waals surface area contributed by atoms with Gasteiger partial charge in [-0.05, 0) is 49.9 Å². The van der Waals surface area contributed by atoms with Gasteiger partial charge in [0, 0.05) is 18.0 Å². The van der Waals surface area contributed by atoms with E-state index >= 15 is 0 Å². The summed E-state index contributed by atoms with van der Waals surface area (Å²) in [6, 6.07) is 5.64. The molecule has 0 aliphatic heterocycles. The van der Waals surface area contributed by atoms with Crippen molar-refractivity contribution in [1.29, 1.82) is 0 Å². The molecule has 1 unspecified atom stereocenters. The van der Waals surface area contributed by atoms with Gasteiger partial charge in [0.05, 0.1) is 0 Å².